The third kappa shape index (κ3) is 4.01. The van der Waals surface area contributed by atoms with E-state index in [1.807, 2.05) is 39.0 Å². The van der Waals surface area contributed by atoms with E-state index in [1.165, 1.54) is 0 Å². The zero-order valence-corrected chi connectivity index (χ0v) is 13.9. The summed E-state index contributed by atoms with van der Waals surface area (Å²) >= 11 is 5.83. The second-order valence-corrected chi connectivity index (χ2v) is 5.61. The molecule has 0 saturated carbocycles. The lowest BCUT2D eigenvalue weighted by Crippen LogP contribution is -2.35. The highest BCUT2D eigenvalue weighted by Gasteiger charge is 2.16. The molecule has 2 aromatic carbocycles. The summed E-state index contributed by atoms with van der Waals surface area (Å²) in [5.41, 5.74) is 3.14. The highest BCUT2D eigenvalue weighted by Crippen LogP contribution is 2.22. The van der Waals surface area contributed by atoms with Gasteiger partial charge < -0.3 is 9.64 Å². The molecule has 116 valence electrons. The molecule has 0 aliphatic rings. The van der Waals surface area contributed by atoms with E-state index < -0.39 is 0 Å². The molecule has 0 radical (unpaired) electrons. The fourth-order valence-electron chi connectivity index (χ4n) is 2.25. The minimum atomic E-state index is -0.0638. The maximum atomic E-state index is 12.5. The molecule has 0 bridgehead atoms. The molecule has 2 aromatic rings. The lowest BCUT2D eigenvalue weighted by Gasteiger charge is -2.23. The van der Waals surface area contributed by atoms with Crippen LogP contribution in [0.1, 0.15) is 18.1 Å². The number of hydrogen-bond acceptors (Lipinski definition) is 2. The van der Waals surface area contributed by atoms with Crippen molar-refractivity contribution in [2.24, 2.45) is 0 Å². The molecular weight excluding hydrogens is 298 g/mol. The Morgan fingerprint density at radius 3 is 2.45 bits per heavy atom. The summed E-state index contributed by atoms with van der Waals surface area (Å²) in [6, 6.07) is 13.1. The first-order valence-electron chi connectivity index (χ1n) is 7.27. The predicted molar refractivity (Wildman–Crippen MR) is 90.9 cm³/mol. The van der Waals surface area contributed by atoms with E-state index in [9.17, 15) is 4.79 Å². The van der Waals surface area contributed by atoms with Crippen LogP contribution in [0, 0.1) is 13.8 Å². The van der Waals surface area contributed by atoms with Crippen molar-refractivity contribution in [3.63, 3.8) is 0 Å². The van der Waals surface area contributed by atoms with Crippen LogP contribution in [0.15, 0.2) is 42.5 Å². The van der Waals surface area contributed by atoms with E-state index in [0.717, 1.165) is 16.8 Å². The number of likely N-dealkylation sites (N-methyl/N-ethyl adjacent to an activating group) is 1. The van der Waals surface area contributed by atoms with E-state index in [2.05, 4.69) is 0 Å². The quantitative estimate of drug-likeness (QED) is 0.818. The minimum absolute atomic E-state index is 0.00283. The summed E-state index contributed by atoms with van der Waals surface area (Å²) in [6.45, 7) is 6.59. The van der Waals surface area contributed by atoms with Crippen LogP contribution in [-0.2, 0) is 4.79 Å². The molecule has 0 aliphatic carbocycles. The molecule has 1 amide bonds. The summed E-state index contributed by atoms with van der Waals surface area (Å²) in [5, 5.41) is 0.643. The number of nitrogens with zero attached hydrogens (tertiary/aromatic N) is 1. The van der Waals surface area contributed by atoms with Gasteiger partial charge in [0.1, 0.15) is 5.75 Å². The van der Waals surface area contributed by atoms with Gasteiger partial charge in [-0.3, -0.25) is 4.79 Å². The molecular formula is C18H20ClNO2. The average molecular weight is 318 g/mol. The lowest BCUT2D eigenvalue weighted by atomic mass is 10.1. The van der Waals surface area contributed by atoms with E-state index in [0.29, 0.717) is 17.3 Å². The fraction of sp³-hybridized carbons (Fsp3) is 0.278. The fourth-order valence-corrected chi connectivity index (χ4v) is 2.37. The number of aryl methyl sites for hydroxylation is 2. The van der Waals surface area contributed by atoms with Gasteiger partial charge in [0.2, 0.25) is 0 Å². The molecule has 22 heavy (non-hydrogen) atoms. The molecule has 0 spiro atoms. The number of hydrogen-bond donors (Lipinski definition) is 0. The number of benzene rings is 2. The molecule has 0 fully saturated rings. The van der Waals surface area contributed by atoms with Crippen molar-refractivity contribution >= 4 is 23.2 Å². The molecule has 0 saturated heterocycles. The van der Waals surface area contributed by atoms with Gasteiger partial charge in [0.15, 0.2) is 6.61 Å². The molecule has 2 rings (SSSR count). The third-order valence-electron chi connectivity index (χ3n) is 3.45. The smallest absolute Gasteiger partial charge is 0.264 e. The van der Waals surface area contributed by atoms with Crippen LogP contribution in [0.4, 0.5) is 5.69 Å². The first-order valence-corrected chi connectivity index (χ1v) is 7.65. The largest absolute Gasteiger partial charge is 0.484 e. The van der Waals surface area contributed by atoms with Crippen molar-refractivity contribution in [3.05, 3.63) is 58.6 Å². The molecule has 0 aromatic heterocycles. The summed E-state index contributed by atoms with van der Waals surface area (Å²) in [6.07, 6.45) is 0. The van der Waals surface area contributed by atoms with Gasteiger partial charge in [-0.15, -0.1) is 0 Å². The molecule has 0 N–H and O–H groups in total. The molecule has 0 heterocycles. The Balaban J connectivity index is 2.08. The van der Waals surface area contributed by atoms with Gasteiger partial charge in [-0.25, -0.2) is 0 Å². The van der Waals surface area contributed by atoms with Gasteiger partial charge in [0.05, 0.1) is 0 Å². The topological polar surface area (TPSA) is 29.5 Å². The second-order valence-electron chi connectivity index (χ2n) is 5.17. The first-order chi connectivity index (χ1) is 10.5. The number of carbonyl (C=O) groups excluding carboxylic acids is 1. The van der Waals surface area contributed by atoms with Crippen LogP contribution in [0.2, 0.25) is 5.02 Å². The van der Waals surface area contributed by atoms with Crippen molar-refractivity contribution < 1.29 is 9.53 Å². The van der Waals surface area contributed by atoms with Crippen molar-refractivity contribution in [3.8, 4) is 5.75 Å². The molecule has 0 aliphatic heterocycles. The first kappa shape index (κ1) is 16.4. The molecule has 4 heteroatoms. The average Bonchev–Trinajstić information content (AvgIpc) is 2.51. The number of rotatable bonds is 5. The van der Waals surface area contributed by atoms with Crippen LogP contribution in [0.5, 0.6) is 5.75 Å². The molecule has 0 atom stereocenters. The Hall–Kier alpha value is -2.00. The molecule has 3 nitrogen and oxygen atoms in total. The number of halogens is 1. The van der Waals surface area contributed by atoms with Crippen molar-refractivity contribution in [1.82, 2.24) is 0 Å². The third-order valence-corrected chi connectivity index (χ3v) is 3.70. The highest BCUT2D eigenvalue weighted by atomic mass is 35.5. The Morgan fingerprint density at radius 1 is 1.14 bits per heavy atom. The number of ether oxygens (including phenoxy) is 1. The van der Waals surface area contributed by atoms with Gasteiger partial charge in [-0.2, -0.15) is 0 Å². The number of anilines is 1. The minimum Gasteiger partial charge on any atom is -0.484 e. The van der Waals surface area contributed by atoms with E-state index >= 15 is 0 Å². The van der Waals surface area contributed by atoms with Crippen molar-refractivity contribution in [2.45, 2.75) is 20.8 Å². The van der Waals surface area contributed by atoms with Crippen molar-refractivity contribution in [1.29, 1.82) is 0 Å². The molecule has 0 unspecified atom stereocenters. The van der Waals surface area contributed by atoms with Crippen LogP contribution in [-0.4, -0.2) is 19.1 Å². The zero-order chi connectivity index (χ0) is 16.1. The summed E-state index contributed by atoms with van der Waals surface area (Å²) in [5.74, 6) is 0.570. The van der Waals surface area contributed by atoms with Crippen molar-refractivity contribution in [2.75, 3.05) is 18.1 Å². The Bertz CT molecular complexity index is 653. The van der Waals surface area contributed by atoms with E-state index in [1.54, 1.807) is 29.2 Å². The van der Waals surface area contributed by atoms with Crippen LogP contribution >= 0.6 is 11.6 Å². The Labute approximate surface area is 136 Å². The van der Waals surface area contributed by atoms with Crippen LogP contribution < -0.4 is 9.64 Å². The van der Waals surface area contributed by atoms with E-state index in [-0.39, 0.29) is 12.5 Å². The van der Waals surface area contributed by atoms with Gasteiger partial charge in [-0.1, -0.05) is 23.7 Å². The Morgan fingerprint density at radius 2 is 1.82 bits per heavy atom. The van der Waals surface area contributed by atoms with Crippen LogP contribution in [0.3, 0.4) is 0 Å². The zero-order valence-electron chi connectivity index (χ0n) is 13.1. The monoisotopic (exact) mass is 317 g/mol. The Kier molecular flexibility index (Phi) is 5.45. The summed E-state index contributed by atoms with van der Waals surface area (Å²) in [7, 11) is 0. The standard InChI is InChI=1S/C18H20ClNO2/c1-4-20(17-11-13(2)5-6-14(17)3)18(21)12-22-16-9-7-15(19)8-10-16/h5-11H,4,12H2,1-3H3. The summed E-state index contributed by atoms with van der Waals surface area (Å²) in [4.78, 5) is 14.2. The van der Waals surface area contributed by atoms with Gasteiger partial charge in [0, 0.05) is 17.3 Å². The summed E-state index contributed by atoms with van der Waals surface area (Å²) < 4.78 is 5.55. The normalized spacial score (nSPS) is 10.4. The van der Waals surface area contributed by atoms with Gasteiger partial charge in [0.25, 0.3) is 5.91 Å². The predicted octanol–water partition coefficient (Wildman–Crippen LogP) is 4.39. The second kappa shape index (κ2) is 7.32. The van der Waals surface area contributed by atoms with Gasteiger partial charge in [-0.05, 0) is 62.2 Å². The van der Waals surface area contributed by atoms with Crippen LogP contribution in [0.25, 0.3) is 0 Å². The number of amides is 1. The SMILES string of the molecule is CCN(C(=O)COc1ccc(Cl)cc1)c1cc(C)ccc1C. The lowest BCUT2D eigenvalue weighted by molar-refractivity contribution is -0.120. The maximum Gasteiger partial charge on any atom is 0.264 e. The number of carbonyl (C=O) groups is 1. The maximum absolute atomic E-state index is 12.5. The van der Waals surface area contributed by atoms with E-state index in [4.69, 9.17) is 16.3 Å². The van der Waals surface area contributed by atoms with Gasteiger partial charge >= 0.3 is 0 Å². The highest BCUT2D eigenvalue weighted by molar-refractivity contribution is 6.30.